The van der Waals surface area contributed by atoms with Gasteiger partial charge in [-0.1, -0.05) is 77.8 Å². The molecule has 0 aliphatic heterocycles. The van der Waals surface area contributed by atoms with Gasteiger partial charge in [0.2, 0.25) is 0 Å². The SMILES string of the molecule is CCCCc1ccc(C(Br)c2ccccc2C)cc1. The van der Waals surface area contributed by atoms with Gasteiger partial charge in [0.15, 0.2) is 0 Å². The number of rotatable bonds is 5. The average Bonchev–Trinajstić information content (AvgIpc) is 2.45. The molecule has 1 unspecified atom stereocenters. The van der Waals surface area contributed by atoms with Crippen LogP contribution in [0.5, 0.6) is 0 Å². The van der Waals surface area contributed by atoms with Gasteiger partial charge in [-0.05, 0) is 42.0 Å². The summed E-state index contributed by atoms with van der Waals surface area (Å²) in [6.45, 7) is 4.40. The highest BCUT2D eigenvalue weighted by Crippen LogP contribution is 2.32. The molecule has 2 aromatic rings. The van der Waals surface area contributed by atoms with Crippen LogP contribution in [0.15, 0.2) is 48.5 Å². The first-order valence-electron chi connectivity index (χ1n) is 7.00. The quantitative estimate of drug-likeness (QED) is 0.609. The fraction of sp³-hybridized carbons (Fsp3) is 0.333. The zero-order valence-electron chi connectivity index (χ0n) is 11.7. The Labute approximate surface area is 125 Å². The number of alkyl halides is 1. The van der Waals surface area contributed by atoms with Crippen molar-refractivity contribution in [2.75, 3.05) is 0 Å². The number of halogens is 1. The minimum atomic E-state index is 0.286. The Morgan fingerprint density at radius 1 is 1.00 bits per heavy atom. The van der Waals surface area contributed by atoms with Gasteiger partial charge in [-0.15, -0.1) is 0 Å². The van der Waals surface area contributed by atoms with E-state index in [2.05, 4.69) is 78.3 Å². The fourth-order valence-electron chi connectivity index (χ4n) is 2.28. The van der Waals surface area contributed by atoms with Crippen LogP contribution in [0.4, 0.5) is 0 Å². The molecule has 0 nitrogen and oxygen atoms in total. The highest BCUT2D eigenvalue weighted by atomic mass is 79.9. The van der Waals surface area contributed by atoms with Gasteiger partial charge in [-0.25, -0.2) is 0 Å². The van der Waals surface area contributed by atoms with Crippen molar-refractivity contribution in [2.24, 2.45) is 0 Å². The molecule has 1 heteroatoms. The predicted octanol–water partition coefficient (Wildman–Crippen LogP) is 5.82. The molecule has 0 saturated carbocycles. The molecule has 1 atom stereocenters. The highest BCUT2D eigenvalue weighted by molar-refractivity contribution is 9.09. The number of benzene rings is 2. The van der Waals surface area contributed by atoms with Gasteiger partial charge in [-0.3, -0.25) is 0 Å². The van der Waals surface area contributed by atoms with Gasteiger partial charge in [0.1, 0.15) is 0 Å². The van der Waals surface area contributed by atoms with E-state index in [9.17, 15) is 0 Å². The maximum atomic E-state index is 3.82. The smallest absolute Gasteiger partial charge is 0.0647 e. The van der Waals surface area contributed by atoms with Gasteiger partial charge >= 0.3 is 0 Å². The summed E-state index contributed by atoms with van der Waals surface area (Å²) < 4.78 is 0. The summed E-state index contributed by atoms with van der Waals surface area (Å²) in [4.78, 5) is 0.286. The number of hydrogen-bond donors (Lipinski definition) is 0. The molecule has 0 amide bonds. The van der Waals surface area contributed by atoms with Gasteiger partial charge in [-0.2, -0.15) is 0 Å². The van der Waals surface area contributed by atoms with Gasteiger partial charge < -0.3 is 0 Å². The molecule has 0 heterocycles. The van der Waals surface area contributed by atoms with E-state index >= 15 is 0 Å². The summed E-state index contributed by atoms with van der Waals surface area (Å²) in [6, 6.07) is 17.6. The molecule has 0 radical (unpaired) electrons. The van der Waals surface area contributed by atoms with E-state index in [1.165, 1.54) is 41.5 Å². The van der Waals surface area contributed by atoms with E-state index in [0.717, 1.165) is 0 Å². The lowest BCUT2D eigenvalue weighted by atomic mass is 9.99. The molecule has 2 aromatic carbocycles. The van der Waals surface area contributed by atoms with Crippen LogP contribution < -0.4 is 0 Å². The van der Waals surface area contributed by atoms with Crippen molar-refractivity contribution >= 4 is 15.9 Å². The van der Waals surface area contributed by atoms with Crippen LogP contribution in [0, 0.1) is 6.92 Å². The Morgan fingerprint density at radius 2 is 1.68 bits per heavy atom. The Kier molecular flexibility index (Phi) is 5.21. The second-order valence-electron chi connectivity index (χ2n) is 5.06. The van der Waals surface area contributed by atoms with E-state index in [-0.39, 0.29) is 4.83 Å². The molecule has 2 rings (SSSR count). The Hall–Kier alpha value is -1.08. The molecule has 0 bridgehead atoms. The van der Waals surface area contributed by atoms with Gasteiger partial charge in [0.05, 0.1) is 4.83 Å². The molecule has 0 spiro atoms. The van der Waals surface area contributed by atoms with Crippen molar-refractivity contribution in [1.29, 1.82) is 0 Å². The van der Waals surface area contributed by atoms with Crippen molar-refractivity contribution in [3.8, 4) is 0 Å². The molecular weight excluding hydrogens is 296 g/mol. The number of unbranched alkanes of at least 4 members (excludes halogenated alkanes) is 1. The Bertz CT molecular complexity index is 513. The van der Waals surface area contributed by atoms with Gasteiger partial charge in [0, 0.05) is 0 Å². The molecule has 0 N–H and O–H groups in total. The largest absolute Gasteiger partial charge is 0.0786 e. The molecule has 0 aromatic heterocycles. The van der Waals surface area contributed by atoms with Gasteiger partial charge in [0.25, 0.3) is 0 Å². The lowest BCUT2D eigenvalue weighted by molar-refractivity contribution is 0.795. The second kappa shape index (κ2) is 6.91. The molecule has 0 saturated heterocycles. The molecular formula is C18H21Br. The summed E-state index contributed by atoms with van der Waals surface area (Å²) in [5, 5.41) is 0. The van der Waals surface area contributed by atoms with Crippen molar-refractivity contribution in [1.82, 2.24) is 0 Å². The topological polar surface area (TPSA) is 0 Å². The zero-order chi connectivity index (χ0) is 13.7. The summed E-state index contributed by atoms with van der Waals surface area (Å²) in [6.07, 6.45) is 3.72. The molecule has 0 fully saturated rings. The standard InChI is InChI=1S/C18H21Br/c1-3-4-8-15-10-12-16(13-11-15)18(19)17-9-6-5-7-14(17)2/h5-7,9-13,18H,3-4,8H2,1-2H3. The third-order valence-corrected chi connectivity index (χ3v) is 4.57. The fourth-order valence-corrected chi connectivity index (χ4v) is 3.10. The third-order valence-electron chi connectivity index (χ3n) is 3.55. The van der Waals surface area contributed by atoms with E-state index in [1.54, 1.807) is 0 Å². The summed E-state index contributed by atoms with van der Waals surface area (Å²) in [5.74, 6) is 0. The minimum absolute atomic E-state index is 0.286. The summed E-state index contributed by atoms with van der Waals surface area (Å²) in [5.41, 5.74) is 5.45. The van der Waals surface area contributed by atoms with Crippen LogP contribution >= 0.6 is 15.9 Å². The maximum absolute atomic E-state index is 3.82. The zero-order valence-corrected chi connectivity index (χ0v) is 13.3. The van der Waals surface area contributed by atoms with E-state index in [1.807, 2.05) is 0 Å². The van der Waals surface area contributed by atoms with E-state index in [0.29, 0.717) is 0 Å². The Balaban J connectivity index is 2.16. The highest BCUT2D eigenvalue weighted by Gasteiger charge is 2.11. The van der Waals surface area contributed by atoms with Crippen LogP contribution in [-0.2, 0) is 6.42 Å². The first-order valence-corrected chi connectivity index (χ1v) is 7.92. The number of aryl methyl sites for hydroxylation is 2. The van der Waals surface area contributed by atoms with Crippen molar-refractivity contribution in [3.63, 3.8) is 0 Å². The normalized spacial score (nSPS) is 12.4. The Morgan fingerprint density at radius 3 is 2.32 bits per heavy atom. The van der Waals surface area contributed by atoms with Crippen LogP contribution in [0.3, 0.4) is 0 Å². The second-order valence-corrected chi connectivity index (χ2v) is 5.98. The summed E-state index contributed by atoms with van der Waals surface area (Å²) >= 11 is 3.82. The lowest BCUT2D eigenvalue weighted by Gasteiger charge is -2.14. The monoisotopic (exact) mass is 316 g/mol. The molecule has 0 aliphatic rings. The lowest BCUT2D eigenvalue weighted by Crippen LogP contribution is -1.96. The first kappa shape index (κ1) is 14.3. The molecule has 19 heavy (non-hydrogen) atoms. The van der Waals surface area contributed by atoms with Crippen LogP contribution in [0.25, 0.3) is 0 Å². The minimum Gasteiger partial charge on any atom is -0.0786 e. The maximum Gasteiger partial charge on any atom is 0.0647 e. The van der Waals surface area contributed by atoms with E-state index < -0.39 is 0 Å². The average molecular weight is 317 g/mol. The predicted molar refractivity (Wildman–Crippen MR) is 87.0 cm³/mol. The molecule has 100 valence electrons. The van der Waals surface area contributed by atoms with Crippen LogP contribution in [0.1, 0.15) is 46.8 Å². The van der Waals surface area contributed by atoms with Crippen molar-refractivity contribution < 1.29 is 0 Å². The van der Waals surface area contributed by atoms with Crippen LogP contribution in [0.2, 0.25) is 0 Å². The van der Waals surface area contributed by atoms with Crippen molar-refractivity contribution in [3.05, 3.63) is 70.8 Å². The summed E-state index contributed by atoms with van der Waals surface area (Å²) in [7, 11) is 0. The third kappa shape index (κ3) is 3.70. The van der Waals surface area contributed by atoms with Crippen LogP contribution in [-0.4, -0.2) is 0 Å². The van der Waals surface area contributed by atoms with Crippen molar-refractivity contribution in [2.45, 2.75) is 37.9 Å². The molecule has 0 aliphatic carbocycles. The van der Waals surface area contributed by atoms with E-state index in [4.69, 9.17) is 0 Å². The first-order chi connectivity index (χ1) is 9.22. The number of hydrogen-bond acceptors (Lipinski definition) is 0.